The van der Waals surface area contributed by atoms with Crippen LogP contribution in [-0.2, 0) is 14.3 Å². The van der Waals surface area contributed by atoms with E-state index in [1.54, 1.807) is 24.1 Å². The van der Waals surface area contributed by atoms with Crippen molar-refractivity contribution in [2.24, 2.45) is 0 Å². The Bertz CT molecular complexity index is 876. The van der Waals surface area contributed by atoms with Gasteiger partial charge in [0.05, 0.1) is 12.1 Å². The van der Waals surface area contributed by atoms with E-state index in [-0.39, 0.29) is 18.2 Å². The zero-order valence-corrected chi connectivity index (χ0v) is 16.8. The van der Waals surface area contributed by atoms with E-state index in [0.29, 0.717) is 36.1 Å². The first-order chi connectivity index (χ1) is 14.0. The van der Waals surface area contributed by atoms with Crippen LogP contribution >= 0.6 is 12.2 Å². The number of benzene rings is 2. The summed E-state index contributed by atoms with van der Waals surface area (Å²) in [7, 11) is 1.60. The smallest absolute Gasteiger partial charge is 0.256 e. The zero-order chi connectivity index (χ0) is 20.8. The second-order valence-electron chi connectivity index (χ2n) is 6.61. The van der Waals surface area contributed by atoms with Crippen LogP contribution in [0.15, 0.2) is 54.6 Å². The number of carbonyl (C=O) groups is 2. The van der Waals surface area contributed by atoms with Crippen LogP contribution in [0.1, 0.15) is 12.8 Å². The lowest BCUT2D eigenvalue weighted by atomic mass is 10.1. The van der Waals surface area contributed by atoms with Gasteiger partial charge in [0.1, 0.15) is 11.9 Å². The lowest BCUT2D eigenvalue weighted by molar-refractivity contribution is -0.124. The highest BCUT2D eigenvalue weighted by atomic mass is 32.1. The molecule has 1 aliphatic heterocycles. The molecule has 2 amide bonds. The molecule has 3 rings (SSSR count). The fourth-order valence-corrected chi connectivity index (χ4v) is 3.62. The van der Waals surface area contributed by atoms with Gasteiger partial charge in [0.15, 0.2) is 5.11 Å². The average molecular weight is 415 g/mol. The Balaban J connectivity index is 1.79. The number of rotatable bonds is 8. The Labute approximate surface area is 174 Å². The number of amides is 2. The van der Waals surface area contributed by atoms with Gasteiger partial charge in [-0.1, -0.05) is 18.2 Å². The Kier molecular flexibility index (Phi) is 6.90. The highest BCUT2D eigenvalue weighted by molar-refractivity contribution is 7.80. The number of ether oxygens (including phenoxy) is 1. The van der Waals surface area contributed by atoms with Gasteiger partial charge in [-0.3, -0.25) is 14.5 Å². The van der Waals surface area contributed by atoms with Crippen LogP contribution in [0.4, 0.5) is 15.8 Å². The number of para-hydroxylation sites is 1. The molecule has 6 nitrogen and oxygen atoms in total. The fraction of sp³-hybridized carbons (Fsp3) is 0.286. The molecule has 2 aromatic carbocycles. The SMILES string of the molecule is COCCCN1C(=S)N(c2ccc(F)cc2)C(=O)[C@@H]1CC(=O)Nc1ccccc1. The van der Waals surface area contributed by atoms with Gasteiger partial charge in [0.2, 0.25) is 5.91 Å². The van der Waals surface area contributed by atoms with E-state index in [0.717, 1.165) is 0 Å². The molecule has 0 aliphatic carbocycles. The molecule has 0 bridgehead atoms. The maximum absolute atomic E-state index is 13.3. The minimum absolute atomic E-state index is 0.0431. The third-order valence-corrected chi connectivity index (χ3v) is 5.00. The molecule has 8 heteroatoms. The number of nitrogens with zero attached hydrogens (tertiary/aromatic N) is 2. The number of carbonyl (C=O) groups excluding carboxylic acids is 2. The van der Waals surface area contributed by atoms with E-state index in [1.165, 1.54) is 29.2 Å². The first kappa shape index (κ1) is 20.9. The molecule has 2 aromatic rings. The minimum Gasteiger partial charge on any atom is -0.385 e. The van der Waals surface area contributed by atoms with Gasteiger partial charge in [0, 0.05) is 25.9 Å². The molecule has 0 aromatic heterocycles. The number of nitrogens with one attached hydrogen (secondary N) is 1. The summed E-state index contributed by atoms with van der Waals surface area (Å²) in [5.41, 5.74) is 1.14. The van der Waals surface area contributed by atoms with E-state index in [4.69, 9.17) is 17.0 Å². The van der Waals surface area contributed by atoms with Crippen molar-refractivity contribution < 1.29 is 18.7 Å². The molecule has 1 atom stereocenters. The molecular weight excluding hydrogens is 393 g/mol. The number of methoxy groups -OCH3 is 1. The van der Waals surface area contributed by atoms with Crippen molar-refractivity contribution in [2.75, 3.05) is 30.5 Å². The predicted molar refractivity (Wildman–Crippen MR) is 113 cm³/mol. The third-order valence-electron chi connectivity index (χ3n) is 4.59. The summed E-state index contributed by atoms with van der Waals surface area (Å²) in [5, 5.41) is 3.10. The molecule has 1 aliphatic rings. The van der Waals surface area contributed by atoms with E-state index < -0.39 is 11.9 Å². The summed E-state index contributed by atoms with van der Waals surface area (Å²) in [4.78, 5) is 28.8. The summed E-state index contributed by atoms with van der Waals surface area (Å²) in [6.07, 6.45) is 0.608. The van der Waals surface area contributed by atoms with Gasteiger partial charge in [-0.05, 0) is 55.0 Å². The normalized spacial score (nSPS) is 16.4. The van der Waals surface area contributed by atoms with Gasteiger partial charge in [0.25, 0.3) is 5.91 Å². The molecule has 152 valence electrons. The quantitative estimate of drug-likeness (QED) is 0.530. The van der Waals surface area contributed by atoms with E-state index >= 15 is 0 Å². The number of hydrogen-bond acceptors (Lipinski definition) is 4. The van der Waals surface area contributed by atoms with Gasteiger partial charge < -0.3 is 15.0 Å². The molecule has 0 spiro atoms. The van der Waals surface area contributed by atoms with Crippen LogP contribution in [-0.4, -0.2) is 48.1 Å². The highest BCUT2D eigenvalue weighted by Crippen LogP contribution is 2.27. The molecule has 1 N–H and O–H groups in total. The molecule has 29 heavy (non-hydrogen) atoms. The molecule has 0 radical (unpaired) electrons. The van der Waals surface area contributed by atoms with Crippen molar-refractivity contribution >= 4 is 40.5 Å². The van der Waals surface area contributed by atoms with Crippen LogP contribution in [0.25, 0.3) is 0 Å². The van der Waals surface area contributed by atoms with Crippen LogP contribution in [0.2, 0.25) is 0 Å². The molecule has 1 saturated heterocycles. The van der Waals surface area contributed by atoms with Crippen LogP contribution in [0, 0.1) is 5.82 Å². The summed E-state index contributed by atoms with van der Waals surface area (Å²) in [6.45, 7) is 0.978. The van der Waals surface area contributed by atoms with Crippen LogP contribution in [0.5, 0.6) is 0 Å². The van der Waals surface area contributed by atoms with Gasteiger partial charge in [-0.15, -0.1) is 0 Å². The van der Waals surface area contributed by atoms with E-state index in [1.807, 2.05) is 18.2 Å². The van der Waals surface area contributed by atoms with Crippen LogP contribution < -0.4 is 10.2 Å². The minimum atomic E-state index is -0.729. The Hall–Kier alpha value is -2.84. The number of anilines is 2. The van der Waals surface area contributed by atoms with Crippen molar-refractivity contribution in [1.82, 2.24) is 4.90 Å². The Morgan fingerprint density at radius 2 is 1.86 bits per heavy atom. The van der Waals surface area contributed by atoms with Gasteiger partial charge >= 0.3 is 0 Å². The van der Waals surface area contributed by atoms with E-state index in [9.17, 15) is 14.0 Å². The average Bonchev–Trinajstić information content (AvgIpc) is 2.94. The lowest BCUT2D eigenvalue weighted by Gasteiger charge is -2.23. The second-order valence-corrected chi connectivity index (χ2v) is 6.97. The van der Waals surface area contributed by atoms with Crippen molar-refractivity contribution in [1.29, 1.82) is 0 Å². The van der Waals surface area contributed by atoms with Crippen molar-refractivity contribution in [2.45, 2.75) is 18.9 Å². The topological polar surface area (TPSA) is 61.9 Å². The number of hydrogen-bond donors (Lipinski definition) is 1. The monoisotopic (exact) mass is 415 g/mol. The molecular formula is C21H22FN3O3S. The maximum Gasteiger partial charge on any atom is 0.256 e. The van der Waals surface area contributed by atoms with Crippen molar-refractivity contribution in [3.05, 3.63) is 60.4 Å². The van der Waals surface area contributed by atoms with Crippen molar-refractivity contribution in [3.8, 4) is 0 Å². The van der Waals surface area contributed by atoms with Gasteiger partial charge in [-0.25, -0.2) is 4.39 Å². The summed E-state index contributed by atoms with van der Waals surface area (Å²) < 4.78 is 18.4. The zero-order valence-electron chi connectivity index (χ0n) is 16.0. The first-order valence-corrected chi connectivity index (χ1v) is 9.66. The molecule has 1 fully saturated rings. The van der Waals surface area contributed by atoms with Crippen molar-refractivity contribution in [3.63, 3.8) is 0 Å². The third kappa shape index (κ3) is 4.96. The Morgan fingerprint density at radius 3 is 2.52 bits per heavy atom. The standard InChI is InChI=1S/C21H22FN3O3S/c1-28-13-5-12-24-18(14-19(26)23-16-6-3-2-4-7-16)20(27)25(21(24)29)17-10-8-15(22)9-11-17/h2-4,6-11,18H,5,12-14H2,1H3,(H,23,26)/t18-/m0/s1. The largest absolute Gasteiger partial charge is 0.385 e. The Morgan fingerprint density at radius 1 is 1.17 bits per heavy atom. The molecule has 1 heterocycles. The second kappa shape index (κ2) is 9.58. The first-order valence-electron chi connectivity index (χ1n) is 9.25. The maximum atomic E-state index is 13.3. The number of halogens is 1. The van der Waals surface area contributed by atoms with E-state index in [2.05, 4.69) is 5.32 Å². The van der Waals surface area contributed by atoms with Gasteiger partial charge in [-0.2, -0.15) is 0 Å². The van der Waals surface area contributed by atoms with Crippen LogP contribution in [0.3, 0.4) is 0 Å². The highest BCUT2D eigenvalue weighted by Gasteiger charge is 2.43. The summed E-state index contributed by atoms with van der Waals surface area (Å²) in [6, 6.07) is 13.9. The molecule has 0 unspecified atom stereocenters. The predicted octanol–water partition coefficient (Wildman–Crippen LogP) is 3.19. The number of thiocarbonyl (C=S) groups is 1. The lowest BCUT2D eigenvalue weighted by Crippen LogP contribution is -2.38. The molecule has 0 saturated carbocycles. The summed E-state index contributed by atoms with van der Waals surface area (Å²) in [5.74, 6) is -0.987. The summed E-state index contributed by atoms with van der Waals surface area (Å²) >= 11 is 5.53. The fourth-order valence-electron chi connectivity index (χ4n) is 3.20.